The molecule has 0 aliphatic heterocycles. The van der Waals surface area contributed by atoms with Gasteiger partial charge in [0.2, 0.25) is 3.07 Å². The van der Waals surface area contributed by atoms with Crippen LogP contribution in [0.3, 0.4) is 0 Å². The van der Waals surface area contributed by atoms with Crippen LogP contribution in [0.5, 0.6) is 0 Å². The van der Waals surface area contributed by atoms with Gasteiger partial charge in [-0.1, -0.05) is 11.6 Å². The van der Waals surface area contributed by atoms with Crippen LogP contribution in [0.25, 0.3) is 0 Å². The van der Waals surface area contributed by atoms with Gasteiger partial charge in [-0.3, -0.25) is 0 Å². The second-order valence-corrected chi connectivity index (χ2v) is 6.57. The largest absolute Gasteiger partial charge is 0.444 e. The minimum Gasteiger partial charge on any atom is -0.444 e. The molecule has 13 heavy (non-hydrogen) atoms. The summed E-state index contributed by atoms with van der Waals surface area (Å²) >= 11 is 7.02. The number of hydrogen-bond donors (Lipinski definition) is 2. The summed E-state index contributed by atoms with van der Waals surface area (Å²) in [5.74, 6) is 0. The van der Waals surface area contributed by atoms with Crippen LogP contribution in [0.1, 0.15) is 20.8 Å². The average molecular weight is 322 g/mol. The summed E-state index contributed by atoms with van der Waals surface area (Å²) in [5.41, 5.74) is -0.542. The van der Waals surface area contributed by atoms with Crippen LogP contribution in [-0.4, -0.2) is 26.4 Å². The van der Waals surface area contributed by atoms with Crippen molar-refractivity contribution < 1.29 is 14.6 Å². The van der Waals surface area contributed by atoms with Crippen molar-refractivity contribution in [2.24, 2.45) is 0 Å². The monoisotopic (exact) mass is 321 g/mol. The Bertz CT molecular complexity index is 185. The zero-order chi connectivity index (χ0) is 10.7. The Hall–Kier alpha value is 0.250. The zero-order valence-electron chi connectivity index (χ0n) is 7.73. The number of aliphatic hydroxyl groups is 1. The number of carbonyl (C=O) groups is 1. The third-order valence-electron chi connectivity index (χ3n) is 0.844. The molecule has 0 aromatic carbocycles. The number of hydrogen-bond acceptors (Lipinski definition) is 3. The SMILES string of the molecule is CC(C)(C)OC(=O)NCC(O)(Cl)I. The van der Waals surface area contributed by atoms with Crippen LogP contribution >= 0.6 is 34.2 Å². The molecular formula is C7H13ClINO3. The van der Waals surface area contributed by atoms with Gasteiger partial charge in [0.25, 0.3) is 0 Å². The summed E-state index contributed by atoms with van der Waals surface area (Å²) in [6, 6.07) is 0. The Kier molecular flexibility index (Phi) is 4.74. The predicted molar refractivity (Wildman–Crippen MR) is 59.1 cm³/mol. The standard InChI is InChI=1S/C7H13ClINO3/c1-6(2,3)13-5(11)10-4-7(8,9)12/h12H,4H2,1-3H3,(H,10,11). The summed E-state index contributed by atoms with van der Waals surface area (Å²) < 4.78 is 3.45. The third kappa shape index (κ3) is 10.2. The van der Waals surface area contributed by atoms with E-state index in [0.717, 1.165) is 0 Å². The molecule has 0 fully saturated rings. The first-order valence-electron chi connectivity index (χ1n) is 3.67. The Morgan fingerprint density at radius 3 is 2.38 bits per heavy atom. The highest BCUT2D eigenvalue weighted by Crippen LogP contribution is 2.18. The van der Waals surface area contributed by atoms with Gasteiger partial charge >= 0.3 is 6.09 Å². The summed E-state index contributed by atoms with van der Waals surface area (Å²) in [6.45, 7) is 5.20. The van der Waals surface area contributed by atoms with Gasteiger partial charge in [-0.25, -0.2) is 4.79 Å². The van der Waals surface area contributed by atoms with Crippen LogP contribution in [0.4, 0.5) is 4.79 Å². The molecule has 1 unspecified atom stereocenters. The van der Waals surface area contributed by atoms with Gasteiger partial charge < -0.3 is 15.2 Å². The smallest absolute Gasteiger partial charge is 0.407 e. The molecule has 0 aliphatic carbocycles. The fraction of sp³-hybridized carbons (Fsp3) is 0.857. The minimum absolute atomic E-state index is 0.0654. The molecule has 0 saturated carbocycles. The van der Waals surface area contributed by atoms with E-state index < -0.39 is 14.8 Å². The average Bonchev–Trinajstić information content (AvgIpc) is 1.78. The van der Waals surface area contributed by atoms with Gasteiger partial charge in [-0.15, -0.1) is 0 Å². The minimum atomic E-state index is -1.46. The Labute approximate surface area is 96.1 Å². The maximum absolute atomic E-state index is 11.0. The Balaban J connectivity index is 3.78. The molecule has 1 amide bonds. The van der Waals surface area contributed by atoms with E-state index >= 15 is 0 Å². The molecule has 6 heteroatoms. The molecule has 0 rings (SSSR count). The molecule has 0 saturated heterocycles. The van der Waals surface area contributed by atoms with Crippen molar-refractivity contribution in [3.63, 3.8) is 0 Å². The lowest BCUT2D eigenvalue weighted by atomic mass is 10.2. The van der Waals surface area contributed by atoms with Crippen molar-refractivity contribution in [2.45, 2.75) is 29.4 Å². The summed E-state index contributed by atoms with van der Waals surface area (Å²) in [7, 11) is 0. The lowest BCUT2D eigenvalue weighted by molar-refractivity contribution is 0.0508. The van der Waals surface area contributed by atoms with E-state index in [-0.39, 0.29) is 6.54 Å². The molecule has 0 heterocycles. The first-order chi connectivity index (χ1) is 5.60. The normalized spacial score (nSPS) is 16.2. The van der Waals surface area contributed by atoms with Gasteiger partial charge in [0, 0.05) is 0 Å². The number of alkyl halides is 2. The highest BCUT2D eigenvalue weighted by Gasteiger charge is 2.21. The van der Waals surface area contributed by atoms with Crippen LogP contribution in [0, 0.1) is 0 Å². The van der Waals surface area contributed by atoms with Gasteiger partial charge in [-0.2, -0.15) is 0 Å². The number of halogens is 2. The van der Waals surface area contributed by atoms with E-state index in [1.165, 1.54) is 0 Å². The van der Waals surface area contributed by atoms with Crippen molar-refractivity contribution in [2.75, 3.05) is 6.54 Å². The first-order valence-corrected chi connectivity index (χ1v) is 5.13. The van der Waals surface area contributed by atoms with E-state index in [9.17, 15) is 4.79 Å². The number of nitrogens with one attached hydrogen (secondary N) is 1. The van der Waals surface area contributed by atoms with Crippen LogP contribution in [0.2, 0.25) is 0 Å². The van der Waals surface area contributed by atoms with E-state index in [4.69, 9.17) is 21.4 Å². The number of alkyl carbamates (subject to hydrolysis) is 1. The van der Waals surface area contributed by atoms with Crippen molar-refractivity contribution in [3.05, 3.63) is 0 Å². The molecule has 0 bridgehead atoms. The molecule has 4 nitrogen and oxygen atoms in total. The maximum atomic E-state index is 11.0. The molecular weight excluding hydrogens is 308 g/mol. The maximum Gasteiger partial charge on any atom is 0.407 e. The second-order valence-electron chi connectivity index (χ2n) is 3.52. The highest BCUT2D eigenvalue weighted by molar-refractivity contribution is 14.1. The second kappa shape index (κ2) is 4.65. The fourth-order valence-corrected chi connectivity index (χ4v) is 0.750. The van der Waals surface area contributed by atoms with Crippen LogP contribution in [0.15, 0.2) is 0 Å². The Morgan fingerprint density at radius 2 is 2.08 bits per heavy atom. The molecule has 0 aromatic heterocycles. The topological polar surface area (TPSA) is 58.6 Å². The molecule has 78 valence electrons. The van der Waals surface area contributed by atoms with Gasteiger partial charge in [-0.05, 0) is 43.4 Å². The molecule has 0 radical (unpaired) electrons. The van der Waals surface area contributed by atoms with Gasteiger partial charge in [0.15, 0.2) is 0 Å². The fourth-order valence-electron chi connectivity index (χ4n) is 0.493. The van der Waals surface area contributed by atoms with E-state index in [2.05, 4.69) is 5.32 Å². The number of carbonyl (C=O) groups excluding carboxylic acids is 1. The first kappa shape index (κ1) is 13.2. The summed E-state index contributed by atoms with van der Waals surface area (Å²) in [6.07, 6.45) is -0.594. The summed E-state index contributed by atoms with van der Waals surface area (Å²) in [5, 5.41) is 11.4. The quantitative estimate of drug-likeness (QED) is 0.602. The van der Waals surface area contributed by atoms with Crippen molar-refractivity contribution in [3.8, 4) is 0 Å². The van der Waals surface area contributed by atoms with Gasteiger partial charge in [0.1, 0.15) is 5.60 Å². The van der Waals surface area contributed by atoms with E-state index in [0.29, 0.717) is 0 Å². The number of amides is 1. The summed E-state index contributed by atoms with van der Waals surface area (Å²) in [4.78, 5) is 11.0. The zero-order valence-corrected chi connectivity index (χ0v) is 10.6. The molecule has 2 N–H and O–H groups in total. The lowest BCUT2D eigenvalue weighted by Gasteiger charge is -2.21. The molecule has 0 aliphatic rings. The van der Waals surface area contributed by atoms with Crippen LogP contribution < -0.4 is 5.32 Å². The van der Waals surface area contributed by atoms with Crippen molar-refractivity contribution in [1.29, 1.82) is 0 Å². The Morgan fingerprint density at radius 1 is 1.62 bits per heavy atom. The lowest BCUT2D eigenvalue weighted by Crippen LogP contribution is -2.38. The van der Waals surface area contributed by atoms with Crippen LogP contribution in [-0.2, 0) is 4.74 Å². The number of ether oxygens (including phenoxy) is 1. The highest BCUT2D eigenvalue weighted by atomic mass is 127. The molecule has 1 atom stereocenters. The molecule has 0 spiro atoms. The van der Waals surface area contributed by atoms with Crippen molar-refractivity contribution >= 4 is 40.3 Å². The third-order valence-corrected chi connectivity index (χ3v) is 1.36. The number of rotatable bonds is 2. The van der Waals surface area contributed by atoms with Gasteiger partial charge in [0.05, 0.1) is 6.54 Å². The van der Waals surface area contributed by atoms with E-state index in [1.54, 1.807) is 43.4 Å². The predicted octanol–water partition coefficient (Wildman–Crippen LogP) is 1.83. The van der Waals surface area contributed by atoms with E-state index in [1.807, 2.05) is 0 Å². The molecule has 0 aromatic rings. The van der Waals surface area contributed by atoms with Crippen molar-refractivity contribution in [1.82, 2.24) is 5.32 Å².